The fourth-order valence-corrected chi connectivity index (χ4v) is 2.69. The van der Waals surface area contributed by atoms with Gasteiger partial charge in [0.15, 0.2) is 11.5 Å². The number of nitro benzene ring substituents is 1. The van der Waals surface area contributed by atoms with Crippen LogP contribution in [0.5, 0.6) is 11.5 Å². The number of ketones is 1. The lowest BCUT2D eigenvalue weighted by Gasteiger charge is -2.08. The first-order valence-electron chi connectivity index (χ1n) is 7.42. The molecule has 0 saturated carbocycles. The maximum atomic E-state index is 12.7. The monoisotopic (exact) mass is 325 g/mol. The second-order valence-electron chi connectivity index (χ2n) is 5.55. The molecule has 6 heteroatoms. The van der Waals surface area contributed by atoms with E-state index >= 15 is 0 Å². The van der Waals surface area contributed by atoms with Crippen LogP contribution in [0, 0.1) is 17.0 Å². The molecule has 3 rings (SSSR count). The van der Waals surface area contributed by atoms with E-state index in [4.69, 9.17) is 4.74 Å². The molecular formula is C18H15NO5. The quantitative estimate of drug-likeness (QED) is 0.517. The summed E-state index contributed by atoms with van der Waals surface area (Å²) in [6, 6.07) is 9.42. The van der Waals surface area contributed by atoms with Crippen LogP contribution in [-0.2, 0) is 0 Å². The molecule has 6 nitrogen and oxygen atoms in total. The zero-order valence-electron chi connectivity index (χ0n) is 13.0. The molecule has 1 aliphatic heterocycles. The van der Waals surface area contributed by atoms with Gasteiger partial charge in [-0.15, -0.1) is 0 Å². The van der Waals surface area contributed by atoms with E-state index in [1.54, 1.807) is 18.2 Å². The summed E-state index contributed by atoms with van der Waals surface area (Å²) < 4.78 is 5.69. The zero-order chi connectivity index (χ0) is 17.3. The van der Waals surface area contributed by atoms with Crippen molar-refractivity contribution in [2.75, 3.05) is 6.61 Å². The molecule has 24 heavy (non-hydrogen) atoms. The van der Waals surface area contributed by atoms with Gasteiger partial charge in [0.25, 0.3) is 0 Å². The molecule has 2 aromatic rings. The Hall–Kier alpha value is -3.15. The van der Waals surface area contributed by atoms with Crippen LogP contribution in [0.25, 0.3) is 6.08 Å². The maximum Gasteiger partial charge on any atom is 0.311 e. The molecule has 0 aliphatic carbocycles. The molecular weight excluding hydrogens is 310 g/mol. The lowest BCUT2D eigenvalue weighted by Crippen LogP contribution is -2.02. The van der Waals surface area contributed by atoms with E-state index in [0.717, 1.165) is 5.56 Å². The number of hydrogen-bond acceptors (Lipinski definition) is 5. The van der Waals surface area contributed by atoms with E-state index in [2.05, 4.69) is 0 Å². The number of carbonyl (C=O) groups is 1. The Morgan fingerprint density at radius 2 is 2.08 bits per heavy atom. The molecule has 0 amide bonds. The highest BCUT2D eigenvalue weighted by molar-refractivity contribution is 6.13. The van der Waals surface area contributed by atoms with Crippen molar-refractivity contribution < 1.29 is 19.6 Å². The molecule has 0 atom stereocenters. The number of hydrogen-bond donors (Lipinski definition) is 1. The molecule has 0 radical (unpaired) electrons. The van der Waals surface area contributed by atoms with Gasteiger partial charge < -0.3 is 9.84 Å². The lowest BCUT2D eigenvalue weighted by molar-refractivity contribution is -0.385. The largest absolute Gasteiger partial charge is 0.502 e. The summed E-state index contributed by atoms with van der Waals surface area (Å²) in [6.07, 6.45) is 2.01. The first-order valence-corrected chi connectivity index (χ1v) is 7.42. The van der Waals surface area contributed by atoms with Gasteiger partial charge in [-0.25, -0.2) is 0 Å². The highest BCUT2D eigenvalue weighted by Gasteiger charge is 2.22. The van der Waals surface area contributed by atoms with Crippen LogP contribution in [0.2, 0.25) is 0 Å². The number of Topliss-reactive ketones (excluding diaryl/α,β-unsaturated/α-hetero) is 1. The Morgan fingerprint density at radius 1 is 1.29 bits per heavy atom. The fraction of sp³-hybridized carbons (Fsp3) is 0.167. The van der Waals surface area contributed by atoms with Gasteiger partial charge in [0.05, 0.1) is 17.1 Å². The number of phenolic OH excluding ortho intramolecular Hbond substituents is 1. The van der Waals surface area contributed by atoms with Gasteiger partial charge in [-0.3, -0.25) is 14.9 Å². The molecule has 0 aromatic heterocycles. The number of ether oxygens (including phenoxy) is 1. The number of carbonyl (C=O) groups excluding carboxylic acids is 1. The van der Waals surface area contributed by atoms with E-state index in [1.807, 2.05) is 13.0 Å². The topological polar surface area (TPSA) is 89.7 Å². The van der Waals surface area contributed by atoms with Gasteiger partial charge in [-0.05, 0) is 36.3 Å². The van der Waals surface area contributed by atoms with E-state index in [1.165, 1.54) is 18.2 Å². The third kappa shape index (κ3) is 2.86. The number of nitro groups is 1. The van der Waals surface area contributed by atoms with Crippen LogP contribution in [-0.4, -0.2) is 22.4 Å². The third-order valence-corrected chi connectivity index (χ3v) is 3.90. The number of fused-ring (bicyclic) bond motifs is 1. The number of benzene rings is 2. The van der Waals surface area contributed by atoms with Gasteiger partial charge in [0, 0.05) is 18.1 Å². The van der Waals surface area contributed by atoms with Crippen molar-refractivity contribution in [3.8, 4) is 11.5 Å². The predicted molar refractivity (Wildman–Crippen MR) is 88.4 cm³/mol. The van der Waals surface area contributed by atoms with Gasteiger partial charge in [0.1, 0.15) is 5.75 Å². The molecule has 0 bridgehead atoms. The lowest BCUT2D eigenvalue weighted by atomic mass is 9.97. The second-order valence-corrected chi connectivity index (χ2v) is 5.55. The molecule has 0 unspecified atom stereocenters. The summed E-state index contributed by atoms with van der Waals surface area (Å²) >= 11 is 0. The summed E-state index contributed by atoms with van der Waals surface area (Å²) in [7, 11) is 0. The van der Waals surface area contributed by atoms with Crippen LogP contribution < -0.4 is 4.74 Å². The highest BCUT2D eigenvalue weighted by Crippen LogP contribution is 2.32. The molecule has 0 saturated heterocycles. The van der Waals surface area contributed by atoms with Gasteiger partial charge in [-0.2, -0.15) is 0 Å². The second kappa shape index (κ2) is 6.16. The Labute approximate surface area is 138 Å². The van der Waals surface area contributed by atoms with Gasteiger partial charge >= 0.3 is 5.69 Å². The summed E-state index contributed by atoms with van der Waals surface area (Å²) in [5, 5.41) is 20.4. The Kier molecular flexibility index (Phi) is 4.04. The summed E-state index contributed by atoms with van der Waals surface area (Å²) in [6.45, 7) is 2.24. The average molecular weight is 325 g/mol. The molecule has 122 valence electrons. The van der Waals surface area contributed by atoms with E-state index in [-0.39, 0.29) is 5.78 Å². The van der Waals surface area contributed by atoms with Crippen LogP contribution in [0.15, 0.2) is 42.0 Å². The summed E-state index contributed by atoms with van der Waals surface area (Å²) in [5.74, 6) is 0.0307. The first-order chi connectivity index (χ1) is 11.5. The minimum Gasteiger partial charge on any atom is -0.502 e. The van der Waals surface area contributed by atoms with Crippen molar-refractivity contribution in [1.29, 1.82) is 0 Å². The third-order valence-electron chi connectivity index (χ3n) is 3.90. The van der Waals surface area contributed by atoms with Crippen molar-refractivity contribution in [3.63, 3.8) is 0 Å². The Morgan fingerprint density at radius 3 is 2.83 bits per heavy atom. The number of nitrogens with zero attached hydrogens (tertiary/aromatic N) is 1. The van der Waals surface area contributed by atoms with Crippen molar-refractivity contribution in [1.82, 2.24) is 0 Å². The zero-order valence-corrected chi connectivity index (χ0v) is 13.0. The fourth-order valence-electron chi connectivity index (χ4n) is 2.69. The van der Waals surface area contributed by atoms with Crippen molar-refractivity contribution in [3.05, 3.63) is 68.8 Å². The van der Waals surface area contributed by atoms with E-state index < -0.39 is 16.4 Å². The van der Waals surface area contributed by atoms with E-state index in [0.29, 0.717) is 35.5 Å². The average Bonchev–Trinajstić information content (AvgIpc) is 2.70. The minimum atomic E-state index is -0.659. The van der Waals surface area contributed by atoms with Crippen molar-refractivity contribution in [2.24, 2.45) is 0 Å². The molecule has 1 N–H and O–H groups in total. The molecule has 1 heterocycles. The number of aryl methyl sites for hydroxylation is 1. The van der Waals surface area contributed by atoms with Gasteiger partial charge in [0.2, 0.25) is 0 Å². The number of rotatable bonds is 2. The van der Waals surface area contributed by atoms with Crippen LogP contribution >= 0.6 is 0 Å². The van der Waals surface area contributed by atoms with Crippen LogP contribution in [0.4, 0.5) is 5.69 Å². The first kappa shape index (κ1) is 15.7. The highest BCUT2D eigenvalue weighted by atomic mass is 16.6. The molecule has 0 spiro atoms. The summed E-state index contributed by atoms with van der Waals surface area (Å²) in [5.41, 5.74) is 1.99. The number of phenols is 1. The predicted octanol–water partition coefficient (Wildman–Crippen LogP) is 3.66. The SMILES string of the molecule is Cc1cccc2c1OCC/C(=C\c1ccc(O)c([N+](=O)[O-])c1)C2=O. The minimum absolute atomic E-state index is 0.151. The van der Waals surface area contributed by atoms with Crippen LogP contribution in [0.3, 0.4) is 0 Å². The molecule has 2 aromatic carbocycles. The van der Waals surface area contributed by atoms with Crippen molar-refractivity contribution >= 4 is 17.5 Å². The molecule has 0 fully saturated rings. The molecule has 1 aliphatic rings. The normalized spacial score (nSPS) is 15.5. The van der Waals surface area contributed by atoms with E-state index in [9.17, 15) is 20.0 Å². The summed E-state index contributed by atoms with van der Waals surface area (Å²) in [4.78, 5) is 23.0. The Balaban J connectivity index is 2.03. The maximum absolute atomic E-state index is 12.7. The van der Waals surface area contributed by atoms with Crippen molar-refractivity contribution in [2.45, 2.75) is 13.3 Å². The Bertz CT molecular complexity index is 870. The number of aromatic hydroxyl groups is 1. The standard InChI is InChI=1S/C18H15NO5/c1-11-3-2-4-14-17(21)13(7-8-24-18(11)14)9-12-5-6-16(20)15(10-12)19(22)23/h2-6,9-10,20H,7-8H2,1H3/b13-9+. The number of para-hydroxylation sites is 1. The van der Waals surface area contributed by atoms with Crippen LogP contribution in [0.1, 0.15) is 27.9 Å². The smallest absolute Gasteiger partial charge is 0.311 e. The van der Waals surface area contributed by atoms with Gasteiger partial charge in [-0.1, -0.05) is 18.2 Å².